The molecule has 0 spiro atoms. The van der Waals surface area contributed by atoms with E-state index in [2.05, 4.69) is 0 Å². The minimum atomic E-state index is -0.702. The first kappa shape index (κ1) is 20.6. The smallest absolute Gasteiger partial charge is 0.349 e. The molecule has 0 atom stereocenters. The van der Waals surface area contributed by atoms with Crippen molar-refractivity contribution >= 4 is 34.3 Å². The lowest BCUT2D eigenvalue weighted by molar-refractivity contribution is -0.136. The summed E-state index contributed by atoms with van der Waals surface area (Å²) in [6.07, 6.45) is 0. The lowest BCUT2D eigenvalue weighted by Gasteiger charge is -2.12. The predicted octanol–water partition coefficient (Wildman–Crippen LogP) is 4.56. The summed E-state index contributed by atoms with van der Waals surface area (Å²) in [5.41, 5.74) is 1.86. The van der Waals surface area contributed by atoms with Crippen molar-refractivity contribution in [2.24, 2.45) is 0 Å². The van der Waals surface area contributed by atoms with Gasteiger partial charge >= 0.3 is 11.6 Å². The second kappa shape index (κ2) is 8.09. The maximum absolute atomic E-state index is 12.3. The van der Waals surface area contributed by atoms with Crippen LogP contribution in [-0.2, 0) is 4.79 Å². The Labute approximate surface area is 172 Å². The fourth-order valence-electron chi connectivity index (χ4n) is 3.07. The number of hydrogen-bond donors (Lipinski definition) is 0. The first-order valence-electron chi connectivity index (χ1n) is 8.86. The van der Waals surface area contributed by atoms with Crippen LogP contribution < -0.4 is 15.1 Å². The van der Waals surface area contributed by atoms with E-state index >= 15 is 0 Å². The van der Waals surface area contributed by atoms with Gasteiger partial charge in [0, 0.05) is 16.5 Å². The van der Waals surface area contributed by atoms with Crippen molar-refractivity contribution in [3.8, 4) is 11.5 Å². The van der Waals surface area contributed by atoms with Crippen molar-refractivity contribution in [1.82, 2.24) is 0 Å². The van der Waals surface area contributed by atoms with Gasteiger partial charge in [0.2, 0.25) is 0 Å². The molecule has 1 aromatic heterocycles. The molecule has 150 valence electrons. The molecular weight excluding hydrogens is 396 g/mol. The summed E-state index contributed by atoms with van der Waals surface area (Å²) in [6.45, 7) is 6.35. The molecule has 3 rings (SSSR count). The highest BCUT2D eigenvalue weighted by Gasteiger charge is 2.20. The summed E-state index contributed by atoms with van der Waals surface area (Å²) in [6, 6.07) is 7.91. The number of halogens is 1. The number of hydrogen-bond acceptors (Lipinski definition) is 6. The Morgan fingerprint density at radius 3 is 2.31 bits per heavy atom. The number of fused-ring (bicyclic) bond motifs is 1. The zero-order valence-electron chi connectivity index (χ0n) is 16.4. The van der Waals surface area contributed by atoms with Gasteiger partial charge in [-0.05, 0) is 68.7 Å². The first-order chi connectivity index (χ1) is 13.7. The molecule has 0 aliphatic carbocycles. The fraction of sp³-hybridized carbons (Fsp3) is 0.227. The number of ether oxygens (including phenoxy) is 2. The van der Waals surface area contributed by atoms with Gasteiger partial charge in [-0.1, -0.05) is 11.6 Å². The van der Waals surface area contributed by atoms with Crippen LogP contribution in [0.4, 0.5) is 0 Å². The van der Waals surface area contributed by atoms with Crippen molar-refractivity contribution in [3.63, 3.8) is 0 Å². The molecule has 0 saturated carbocycles. The highest BCUT2D eigenvalue weighted by molar-refractivity contribution is 6.32. The van der Waals surface area contributed by atoms with Crippen LogP contribution in [-0.4, -0.2) is 18.4 Å². The second-order valence-corrected chi connectivity index (χ2v) is 7.13. The monoisotopic (exact) mass is 414 g/mol. The Morgan fingerprint density at radius 2 is 1.69 bits per heavy atom. The zero-order valence-corrected chi connectivity index (χ0v) is 17.2. The van der Waals surface area contributed by atoms with E-state index in [1.807, 2.05) is 13.8 Å². The molecule has 0 fully saturated rings. The molecule has 0 saturated heterocycles. The largest absolute Gasteiger partial charge is 0.482 e. The van der Waals surface area contributed by atoms with E-state index in [9.17, 15) is 14.4 Å². The quantitative estimate of drug-likeness (QED) is 0.263. The van der Waals surface area contributed by atoms with Gasteiger partial charge in [0.1, 0.15) is 17.1 Å². The van der Waals surface area contributed by atoms with Crippen molar-refractivity contribution < 1.29 is 23.5 Å². The van der Waals surface area contributed by atoms with Gasteiger partial charge in [0.25, 0.3) is 0 Å². The maximum atomic E-state index is 12.3. The third-order valence-corrected chi connectivity index (χ3v) is 5.02. The number of esters is 1. The SMILES string of the molecule is CC(=O)c1c(OC(=O)COc2cc(C)c(Cl)c(C)c2)ccc2c(C)cc(=O)oc12. The third-order valence-electron chi connectivity index (χ3n) is 4.42. The van der Waals surface area contributed by atoms with E-state index in [4.69, 9.17) is 25.5 Å². The number of rotatable bonds is 5. The highest BCUT2D eigenvalue weighted by Crippen LogP contribution is 2.30. The van der Waals surface area contributed by atoms with Gasteiger partial charge in [-0.15, -0.1) is 0 Å². The molecule has 0 bridgehead atoms. The van der Waals surface area contributed by atoms with Crippen molar-refractivity contribution in [2.45, 2.75) is 27.7 Å². The van der Waals surface area contributed by atoms with E-state index in [0.717, 1.165) is 11.1 Å². The van der Waals surface area contributed by atoms with Crippen LogP contribution in [0.2, 0.25) is 5.02 Å². The van der Waals surface area contributed by atoms with Gasteiger partial charge < -0.3 is 13.9 Å². The fourth-order valence-corrected chi connectivity index (χ4v) is 3.18. The second-order valence-electron chi connectivity index (χ2n) is 6.75. The molecule has 6 nitrogen and oxygen atoms in total. The molecule has 0 aliphatic rings. The van der Waals surface area contributed by atoms with Crippen molar-refractivity contribution in [3.05, 3.63) is 68.0 Å². The van der Waals surface area contributed by atoms with Crippen LogP contribution in [0.15, 0.2) is 39.5 Å². The molecule has 0 N–H and O–H groups in total. The highest BCUT2D eigenvalue weighted by atomic mass is 35.5. The van der Waals surface area contributed by atoms with Crippen molar-refractivity contribution in [1.29, 1.82) is 0 Å². The van der Waals surface area contributed by atoms with E-state index in [-0.39, 0.29) is 23.5 Å². The summed E-state index contributed by atoms with van der Waals surface area (Å²) in [5.74, 6) is -0.604. The number of carbonyl (C=O) groups excluding carboxylic acids is 2. The summed E-state index contributed by atoms with van der Waals surface area (Å²) >= 11 is 6.13. The van der Waals surface area contributed by atoms with Crippen LogP contribution in [0, 0.1) is 20.8 Å². The Bertz CT molecular complexity index is 1170. The van der Waals surface area contributed by atoms with Gasteiger partial charge in [-0.3, -0.25) is 4.79 Å². The lowest BCUT2D eigenvalue weighted by atomic mass is 10.0. The van der Waals surface area contributed by atoms with Gasteiger partial charge in [0.15, 0.2) is 18.0 Å². The number of aryl methyl sites for hydroxylation is 3. The van der Waals surface area contributed by atoms with E-state index in [1.54, 1.807) is 25.1 Å². The molecule has 0 aliphatic heterocycles. The van der Waals surface area contributed by atoms with Crippen LogP contribution in [0.5, 0.6) is 11.5 Å². The van der Waals surface area contributed by atoms with E-state index in [0.29, 0.717) is 21.7 Å². The van der Waals surface area contributed by atoms with Crippen LogP contribution >= 0.6 is 11.6 Å². The predicted molar refractivity (Wildman–Crippen MR) is 109 cm³/mol. The Hall–Kier alpha value is -3.12. The molecule has 3 aromatic rings. The Balaban J connectivity index is 1.86. The standard InChI is InChI=1S/C22H19ClO6/c1-11-9-18(25)29-22-16(11)5-6-17(20(22)14(4)24)28-19(26)10-27-15-7-12(2)21(23)13(3)8-15/h5-9H,10H2,1-4H3. The third kappa shape index (κ3) is 4.32. The minimum absolute atomic E-state index is 0.0100. The minimum Gasteiger partial charge on any atom is -0.482 e. The number of Topliss-reactive ketones (excluding diaryl/α,β-unsaturated/α-hetero) is 1. The Kier molecular flexibility index (Phi) is 5.75. The van der Waals surface area contributed by atoms with Gasteiger partial charge in [0.05, 0.1) is 0 Å². The summed E-state index contributed by atoms with van der Waals surface area (Å²) in [7, 11) is 0. The average molecular weight is 415 g/mol. The molecule has 0 radical (unpaired) electrons. The van der Waals surface area contributed by atoms with E-state index < -0.39 is 17.4 Å². The normalized spacial score (nSPS) is 10.8. The topological polar surface area (TPSA) is 82.8 Å². The first-order valence-corrected chi connectivity index (χ1v) is 9.23. The van der Waals surface area contributed by atoms with Crippen LogP contribution in [0.1, 0.15) is 34.0 Å². The van der Waals surface area contributed by atoms with Crippen LogP contribution in [0.3, 0.4) is 0 Å². The number of carbonyl (C=O) groups is 2. The summed E-state index contributed by atoms with van der Waals surface area (Å²) in [5, 5.41) is 1.23. The number of ketones is 1. The zero-order chi connectivity index (χ0) is 21.3. The maximum Gasteiger partial charge on any atom is 0.349 e. The lowest BCUT2D eigenvalue weighted by Crippen LogP contribution is -2.19. The molecule has 0 amide bonds. The molecule has 29 heavy (non-hydrogen) atoms. The Morgan fingerprint density at radius 1 is 1.03 bits per heavy atom. The molecule has 1 heterocycles. The van der Waals surface area contributed by atoms with Gasteiger partial charge in [-0.2, -0.15) is 0 Å². The van der Waals surface area contributed by atoms with E-state index in [1.165, 1.54) is 19.1 Å². The molecule has 7 heteroatoms. The van der Waals surface area contributed by atoms with Crippen molar-refractivity contribution in [2.75, 3.05) is 6.61 Å². The van der Waals surface area contributed by atoms with Crippen LogP contribution in [0.25, 0.3) is 11.0 Å². The summed E-state index contributed by atoms with van der Waals surface area (Å²) in [4.78, 5) is 36.2. The molecule has 2 aromatic carbocycles. The average Bonchev–Trinajstić information content (AvgIpc) is 2.63. The summed E-state index contributed by atoms with van der Waals surface area (Å²) < 4.78 is 16.0. The molecular formula is C22H19ClO6. The molecule has 0 unspecified atom stereocenters. The number of benzene rings is 2. The van der Waals surface area contributed by atoms with Gasteiger partial charge in [-0.25, -0.2) is 9.59 Å².